The molecular formula is C9H15N3. The normalized spacial score (nSPS) is 22.3. The Labute approximate surface area is 72.8 Å². The van der Waals surface area contributed by atoms with Crippen molar-refractivity contribution >= 4 is 0 Å². The van der Waals surface area contributed by atoms with Crippen molar-refractivity contribution in [2.45, 2.75) is 39.4 Å². The van der Waals surface area contributed by atoms with Crippen LogP contribution in [-0.4, -0.2) is 15.8 Å². The quantitative estimate of drug-likeness (QED) is 0.671. The summed E-state index contributed by atoms with van der Waals surface area (Å²) in [6.45, 7) is 6.35. The van der Waals surface area contributed by atoms with Crippen LogP contribution in [0.2, 0.25) is 0 Å². The molecule has 0 saturated heterocycles. The van der Waals surface area contributed by atoms with Gasteiger partial charge >= 0.3 is 0 Å². The van der Waals surface area contributed by atoms with Crippen LogP contribution >= 0.6 is 0 Å². The van der Waals surface area contributed by atoms with E-state index in [2.05, 4.69) is 28.9 Å². The molecule has 66 valence electrons. The van der Waals surface area contributed by atoms with Gasteiger partial charge in [0.1, 0.15) is 0 Å². The van der Waals surface area contributed by atoms with Crippen LogP contribution in [0.3, 0.4) is 0 Å². The Bertz CT molecular complexity index is 277. The lowest BCUT2D eigenvalue weighted by Gasteiger charge is -2.22. The maximum absolute atomic E-state index is 4.35. The van der Waals surface area contributed by atoms with Crippen LogP contribution in [0, 0.1) is 0 Å². The van der Waals surface area contributed by atoms with Gasteiger partial charge in [-0.1, -0.05) is 6.92 Å². The fourth-order valence-corrected chi connectivity index (χ4v) is 1.70. The summed E-state index contributed by atoms with van der Waals surface area (Å²) in [7, 11) is 0. The van der Waals surface area contributed by atoms with Crippen molar-refractivity contribution < 1.29 is 0 Å². The van der Waals surface area contributed by atoms with Gasteiger partial charge in [0.15, 0.2) is 0 Å². The van der Waals surface area contributed by atoms with Gasteiger partial charge in [0.25, 0.3) is 0 Å². The summed E-state index contributed by atoms with van der Waals surface area (Å²) in [5.41, 5.74) is 2.75. The molecule has 0 amide bonds. The number of rotatable bonds is 1. The zero-order chi connectivity index (χ0) is 8.55. The molecule has 1 aromatic heterocycles. The molecule has 2 heterocycles. The molecule has 0 saturated carbocycles. The van der Waals surface area contributed by atoms with E-state index in [0.29, 0.717) is 6.04 Å². The van der Waals surface area contributed by atoms with Crippen LogP contribution in [0.4, 0.5) is 0 Å². The van der Waals surface area contributed by atoms with E-state index < -0.39 is 0 Å². The van der Waals surface area contributed by atoms with Crippen LogP contribution in [0.25, 0.3) is 0 Å². The number of aromatic nitrogens is 2. The summed E-state index contributed by atoms with van der Waals surface area (Å²) < 4.78 is 2.12. The first-order chi connectivity index (χ1) is 5.81. The minimum absolute atomic E-state index is 0.558. The SMILES string of the molecule is CCc1cnn2c1CN[C@@H](C)C2. The van der Waals surface area contributed by atoms with Gasteiger partial charge in [0, 0.05) is 12.6 Å². The number of hydrogen-bond acceptors (Lipinski definition) is 2. The van der Waals surface area contributed by atoms with E-state index in [1.54, 1.807) is 0 Å². The molecular weight excluding hydrogens is 150 g/mol. The minimum atomic E-state index is 0.558. The zero-order valence-electron chi connectivity index (χ0n) is 7.67. The molecule has 1 aromatic rings. The van der Waals surface area contributed by atoms with E-state index in [1.165, 1.54) is 11.3 Å². The fourth-order valence-electron chi connectivity index (χ4n) is 1.70. The van der Waals surface area contributed by atoms with Crippen molar-refractivity contribution in [3.63, 3.8) is 0 Å². The van der Waals surface area contributed by atoms with Gasteiger partial charge in [0.2, 0.25) is 0 Å². The first kappa shape index (κ1) is 7.80. The van der Waals surface area contributed by atoms with Gasteiger partial charge in [0.05, 0.1) is 18.4 Å². The predicted octanol–water partition coefficient (Wildman–Crippen LogP) is 0.937. The number of fused-ring (bicyclic) bond motifs is 1. The molecule has 3 heteroatoms. The van der Waals surface area contributed by atoms with Gasteiger partial charge in [-0.05, 0) is 18.9 Å². The summed E-state index contributed by atoms with van der Waals surface area (Å²) in [5.74, 6) is 0. The standard InChI is InChI=1S/C9H15N3/c1-3-8-4-11-12-6-7(2)10-5-9(8)12/h4,7,10H,3,5-6H2,1-2H3/t7-/m0/s1. The highest BCUT2D eigenvalue weighted by molar-refractivity contribution is 5.18. The summed E-state index contributed by atoms with van der Waals surface area (Å²) in [6.07, 6.45) is 3.08. The van der Waals surface area contributed by atoms with Gasteiger partial charge in [-0.25, -0.2) is 0 Å². The smallest absolute Gasteiger partial charge is 0.0564 e. The molecule has 12 heavy (non-hydrogen) atoms. The second kappa shape index (κ2) is 2.90. The van der Waals surface area contributed by atoms with Crippen molar-refractivity contribution in [3.05, 3.63) is 17.5 Å². The van der Waals surface area contributed by atoms with E-state index >= 15 is 0 Å². The average Bonchev–Trinajstić information content (AvgIpc) is 2.46. The largest absolute Gasteiger partial charge is 0.307 e. The molecule has 1 aliphatic heterocycles. The Morgan fingerprint density at radius 3 is 3.33 bits per heavy atom. The number of nitrogens with one attached hydrogen (secondary N) is 1. The summed E-state index contributed by atoms with van der Waals surface area (Å²) in [5, 5.41) is 7.79. The third kappa shape index (κ3) is 1.14. The van der Waals surface area contributed by atoms with E-state index in [0.717, 1.165) is 19.5 Å². The van der Waals surface area contributed by atoms with Gasteiger partial charge in [-0.15, -0.1) is 0 Å². The zero-order valence-corrected chi connectivity index (χ0v) is 7.67. The van der Waals surface area contributed by atoms with Crippen molar-refractivity contribution in [1.82, 2.24) is 15.1 Å². The highest BCUT2D eigenvalue weighted by Crippen LogP contribution is 2.13. The Balaban J connectivity index is 2.32. The maximum Gasteiger partial charge on any atom is 0.0564 e. The summed E-state index contributed by atoms with van der Waals surface area (Å²) >= 11 is 0. The first-order valence-corrected chi connectivity index (χ1v) is 4.58. The third-order valence-corrected chi connectivity index (χ3v) is 2.48. The van der Waals surface area contributed by atoms with Crippen LogP contribution in [-0.2, 0) is 19.5 Å². The molecule has 1 N–H and O–H groups in total. The lowest BCUT2D eigenvalue weighted by molar-refractivity contribution is 0.388. The molecule has 1 atom stereocenters. The van der Waals surface area contributed by atoms with Gasteiger partial charge in [-0.2, -0.15) is 5.10 Å². The van der Waals surface area contributed by atoms with E-state index in [4.69, 9.17) is 0 Å². The third-order valence-electron chi connectivity index (χ3n) is 2.48. The van der Waals surface area contributed by atoms with Crippen LogP contribution in [0.1, 0.15) is 25.1 Å². The Morgan fingerprint density at radius 2 is 2.58 bits per heavy atom. The molecule has 0 spiro atoms. The summed E-state index contributed by atoms with van der Waals surface area (Å²) in [6, 6.07) is 0.558. The minimum Gasteiger partial charge on any atom is -0.307 e. The first-order valence-electron chi connectivity index (χ1n) is 4.58. The average molecular weight is 165 g/mol. The second-order valence-corrected chi connectivity index (χ2v) is 3.43. The summed E-state index contributed by atoms with van der Waals surface area (Å²) in [4.78, 5) is 0. The molecule has 0 aliphatic carbocycles. The van der Waals surface area contributed by atoms with Crippen molar-refractivity contribution in [2.24, 2.45) is 0 Å². The highest BCUT2D eigenvalue weighted by atomic mass is 15.3. The Morgan fingerprint density at radius 1 is 1.75 bits per heavy atom. The molecule has 3 nitrogen and oxygen atoms in total. The number of hydrogen-bond donors (Lipinski definition) is 1. The van der Waals surface area contributed by atoms with E-state index in [9.17, 15) is 0 Å². The molecule has 0 bridgehead atoms. The molecule has 0 unspecified atom stereocenters. The number of aryl methyl sites for hydroxylation is 1. The van der Waals surface area contributed by atoms with Crippen molar-refractivity contribution in [1.29, 1.82) is 0 Å². The lowest BCUT2D eigenvalue weighted by atomic mass is 10.1. The predicted molar refractivity (Wildman–Crippen MR) is 47.9 cm³/mol. The lowest BCUT2D eigenvalue weighted by Crippen LogP contribution is -2.37. The molecule has 0 fully saturated rings. The monoisotopic (exact) mass is 165 g/mol. The van der Waals surface area contributed by atoms with Gasteiger partial charge in [-0.3, -0.25) is 4.68 Å². The highest BCUT2D eigenvalue weighted by Gasteiger charge is 2.16. The maximum atomic E-state index is 4.35. The van der Waals surface area contributed by atoms with Gasteiger partial charge < -0.3 is 5.32 Å². The molecule has 1 aliphatic rings. The van der Waals surface area contributed by atoms with E-state index in [1.807, 2.05) is 6.20 Å². The van der Waals surface area contributed by atoms with Crippen LogP contribution < -0.4 is 5.32 Å². The van der Waals surface area contributed by atoms with Crippen molar-refractivity contribution in [2.75, 3.05) is 0 Å². The molecule has 0 radical (unpaired) electrons. The van der Waals surface area contributed by atoms with Crippen molar-refractivity contribution in [3.8, 4) is 0 Å². The second-order valence-electron chi connectivity index (χ2n) is 3.43. The van der Waals surface area contributed by atoms with E-state index in [-0.39, 0.29) is 0 Å². The molecule has 2 rings (SSSR count). The van der Waals surface area contributed by atoms with Crippen LogP contribution in [0.15, 0.2) is 6.20 Å². The Kier molecular flexibility index (Phi) is 1.89. The fraction of sp³-hybridized carbons (Fsp3) is 0.667. The topological polar surface area (TPSA) is 29.9 Å². The Hall–Kier alpha value is -0.830. The van der Waals surface area contributed by atoms with Crippen LogP contribution in [0.5, 0.6) is 0 Å². The number of nitrogens with zero attached hydrogens (tertiary/aromatic N) is 2. The molecule has 0 aromatic carbocycles.